The van der Waals surface area contributed by atoms with E-state index in [2.05, 4.69) is 23.3 Å². The van der Waals surface area contributed by atoms with Gasteiger partial charge in [0, 0.05) is 25.0 Å². The second-order valence-corrected chi connectivity index (χ2v) is 6.25. The van der Waals surface area contributed by atoms with Crippen molar-refractivity contribution in [2.24, 2.45) is 0 Å². The summed E-state index contributed by atoms with van der Waals surface area (Å²) in [7, 11) is 0. The van der Waals surface area contributed by atoms with Crippen LogP contribution in [0.1, 0.15) is 90.9 Å². The highest BCUT2D eigenvalue weighted by molar-refractivity contribution is 5.98. The minimum Gasteiger partial charge on any atom is -0.390 e. The standard InChI is InChI=1S/C20H32O6/c1-3-5-7-9-11-13-17(21)25-19(23)15-16-20(24)26-18(22)14-12-10-8-6-4-2/h15-16H,3-14H2,1-2H3. The molecule has 6 nitrogen and oxygen atoms in total. The van der Waals surface area contributed by atoms with Crippen molar-refractivity contribution in [2.45, 2.75) is 90.9 Å². The predicted molar refractivity (Wildman–Crippen MR) is 98.1 cm³/mol. The van der Waals surface area contributed by atoms with Gasteiger partial charge in [0.1, 0.15) is 0 Å². The lowest BCUT2D eigenvalue weighted by Gasteiger charge is -2.01. The highest BCUT2D eigenvalue weighted by Crippen LogP contribution is 2.07. The fourth-order valence-corrected chi connectivity index (χ4v) is 2.28. The largest absolute Gasteiger partial charge is 0.390 e. The number of hydrogen-bond acceptors (Lipinski definition) is 6. The first-order chi connectivity index (χ1) is 12.5. The molecule has 0 aliphatic heterocycles. The lowest BCUT2D eigenvalue weighted by molar-refractivity contribution is -0.159. The quantitative estimate of drug-likeness (QED) is 0.195. The molecule has 6 heteroatoms. The Hall–Kier alpha value is -1.98. The molecule has 0 spiro atoms. The summed E-state index contributed by atoms with van der Waals surface area (Å²) in [6, 6.07) is 0. The van der Waals surface area contributed by atoms with Crippen molar-refractivity contribution in [3.63, 3.8) is 0 Å². The van der Waals surface area contributed by atoms with Gasteiger partial charge in [0.25, 0.3) is 0 Å². The molecule has 26 heavy (non-hydrogen) atoms. The zero-order chi connectivity index (χ0) is 19.6. The molecule has 0 aromatic carbocycles. The summed E-state index contributed by atoms with van der Waals surface area (Å²) in [6.45, 7) is 4.21. The van der Waals surface area contributed by atoms with Crippen LogP contribution in [-0.2, 0) is 28.7 Å². The molecular weight excluding hydrogens is 336 g/mol. The van der Waals surface area contributed by atoms with Crippen LogP contribution in [0.5, 0.6) is 0 Å². The summed E-state index contributed by atoms with van der Waals surface area (Å²) in [5.41, 5.74) is 0. The molecule has 0 heterocycles. The molecule has 0 aliphatic carbocycles. The van der Waals surface area contributed by atoms with Crippen LogP contribution in [0.4, 0.5) is 0 Å². The number of carbonyl (C=O) groups excluding carboxylic acids is 4. The number of rotatable bonds is 14. The first-order valence-electron chi connectivity index (χ1n) is 9.66. The maximum Gasteiger partial charge on any atom is 0.338 e. The lowest BCUT2D eigenvalue weighted by atomic mass is 10.1. The third kappa shape index (κ3) is 15.5. The van der Waals surface area contributed by atoms with E-state index in [9.17, 15) is 19.2 Å². The smallest absolute Gasteiger partial charge is 0.338 e. The minimum atomic E-state index is -0.937. The van der Waals surface area contributed by atoms with Crippen LogP contribution in [0, 0.1) is 0 Å². The fraction of sp³-hybridized carbons (Fsp3) is 0.700. The van der Waals surface area contributed by atoms with Crippen LogP contribution in [-0.4, -0.2) is 23.9 Å². The SMILES string of the molecule is CCCCCCCC(=O)OC(=O)C=CC(=O)OC(=O)CCCCCCC. The Morgan fingerprint density at radius 2 is 0.923 bits per heavy atom. The van der Waals surface area contributed by atoms with E-state index < -0.39 is 23.9 Å². The van der Waals surface area contributed by atoms with Crippen molar-refractivity contribution in [1.82, 2.24) is 0 Å². The van der Waals surface area contributed by atoms with Gasteiger partial charge in [0.2, 0.25) is 0 Å². The van der Waals surface area contributed by atoms with Gasteiger partial charge in [-0.1, -0.05) is 65.2 Å². The van der Waals surface area contributed by atoms with Crippen molar-refractivity contribution < 1.29 is 28.7 Å². The summed E-state index contributed by atoms with van der Waals surface area (Å²) >= 11 is 0. The van der Waals surface area contributed by atoms with E-state index in [0.29, 0.717) is 12.8 Å². The average molecular weight is 368 g/mol. The van der Waals surface area contributed by atoms with Gasteiger partial charge in [-0.25, -0.2) is 9.59 Å². The Morgan fingerprint density at radius 1 is 0.577 bits per heavy atom. The molecule has 0 aliphatic rings. The monoisotopic (exact) mass is 368 g/mol. The lowest BCUT2D eigenvalue weighted by Crippen LogP contribution is -2.12. The van der Waals surface area contributed by atoms with Gasteiger partial charge < -0.3 is 9.47 Å². The van der Waals surface area contributed by atoms with Crippen LogP contribution in [0.2, 0.25) is 0 Å². The molecule has 0 bridgehead atoms. The summed E-state index contributed by atoms with van der Waals surface area (Å²) < 4.78 is 9.11. The molecular formula is C20H32O6. The molecule has 0 atom stereocenters. The Balaban J connectivity index is 3.87. The van der Waals surface area contributed by atoms with E-state index in [0.717, 1.165) is 63.5 Å². The summed E-state index contributed by atoms with van der Waals surface area (Å²) in [5, 5.41) is 0. The molecule has 0 amide bonds. The second kappa shape index (κ2) is 16.5. The first-order valence-corrected chi connectivity index (χ1v) is 9.66. The maximum atomic E-state index is 11.5. The molecule has 0 radical (unpaired) electrons. The van der Waals surface area contributed by atoms with E-state index in [1.54, 1.807) is 0 Å². The molecule has 0 fully saturated rings. The van der Waals surface area contributed by atoms with Crippen LogP contribution in [0.15, 0.2) is 12.2 Å². The van der Waals surface area contributed by atoms with E-state index in [4.69, 9.17) is 0 Å². The fourth-order valence-electron chi connectivity index (χ4n) is 2.28. The molecule has 0 rings (SSSR count). The van der Waals surface area contributed by atoms with Crippen molar-refractivity contribution in [3.05, 3.63) is 12.2 Å². The Labute approximate surface area is 156 Å². The second-order valence-electron chi connectivity index (χ2n) is 6.25. The van der Waals surface area contributed by atoms with Crippen LogP contribution < -0.4 is 0 Å². The van der Waals surface area contributed by atoms with Gasteiger partial charge in [0.15, 0.2) is 0 Å². The van der Waals surface area contributed by atoms with E-state index in [1.807, 2.05) is 0 Å². The minimum absolute atomic E-state index is 0.171. The van der Waals surface area contributed by atoms with Gasteiger partial charge >= 0.3 is 23.9 Å². The topological polar surface area (TPSA) is 86.7 Å². The van der Waals surface area contributed by atoms with Crippen LogP contribution in [0.25, 0.3) is 0 Å². The Morgan fingerprint density at radius 3 is 1.27 bits per heavy atom. The van der Waals surface area contributed by atoms with E-state index in [-0.39, 0.29) is 12.8 Å². The van der Waals surface area contributed by atoms with Gasteiger partial charge in [0.05, 0.1) is 0 Å². The van der Waals surface area contributed by atoms with E-state index >= 15 is 0 Å². The van der Waals surface area contributed by atoms with Crippen LogP contribution in [0.3, 0.4) is 0 Å². The number of hydrogen-bond donors (Lipinski definition) is 0. The first kappa shape index (κ1) is 24.0. The zero-order valence-electron chi connectivity index (χ0n) is 16.1. The number of unbranched alkanes of at least 4 members (excludes halogenated alkanes) is 8. The molecule has 0 aromatic heterocycles. The Kier molecular flexibility index (Phi) is 15.2. The van der Waals surface area contributed by atoms with Gasteiger partial charge in [-0.2, -0.15) is 0 Å². The third-order valence-electron chi connectivity index (χ3n) is 3.75. The average Bonchev–Trinajstić information content (AvgIpc) is 2.59. The summed E-state index contributed by atoms with van der Waals surface area (Å²) in [5.74, 6) is -3.11. The molecule has 0 aromatic rings. The predicted octanol–water partition coefficient (Wildman–Crippen LogP) is 4.40. The van der Waals surface area contributed by atoms with Crippen molar-refractivity contribution in [1.29, 1.82) is 0 Å². The number of carbonyl (C=O) groups is 4. The van der Waals surface area contributed by atoms with Crippen molar-refractivity contribution in [3.8, 4) is 0 Å². The van der Waals surface area contributed by atoms with Gasteiger partial charge in [-0.15, -0.1) is 0 Å². The van der Waals surface area contributed by atoms with Crippen molar-refractivity contribution >= 4 is 23.9 Å². The summed E-state index contributed by atoms with van der Waals surface area (Å²) in [6.07, 6.45) is 11.7. The highest BCUT2D eigenvalue weighted by Gasteiger charge is 2.10. The molecule has 0 saturated heterocycles. The van der Waals surface area contributed by atoms with E-state index in [1.165, 1.54) is 0 Å². The normalized spacial score (nSPS) is 10.7. The molecule has 148 valence electrons. The number of ether oxygens (including phenoxy) is 2. The zero-order valence-corrected chi connectivity index (χ0v) is 16.1. The Bertz CT molecular complexity index is 425. The number of esters is 4. The van der Waals surface area contributed by atoms with Crippen LogP contribution >= 0.6 is 0 Å². The summed E-state index contributed by atoms with van der Waals surface area (Å²) in [4.78, 5) is 45.8. The van der Waals surface area contributed by atoms with Gasteiger partial charge in [-0.05, 0) is 12.8 Å². The third-order valence-corrected chi connectivity index (χ3v) is 3.75. The molecule has 0 unspecified atom stereocenters. The maximum absolute atomic E-state index is 11.5. The molecule has 0 N–H and O–H groups in total. The van der Waals surface area contributed by atoms with Gasteiger partial charge in [-0.3, -0.25) is 9.59 Å². The highest BCUT2D eigenvalue weighted by atomic mass is 16.6. The van der Waals surface area contributed by atoms with Crippen molar-refractivity contribution in [2.75, 3.05) is 0 Å². The molecule has 0 saturated carbocycles.